The van der Waals surface area contributed by atoms with Gasteiger partial charge in [-0.25, -0.2) is 26.7 Å². The number of halogens is 8. The van der Waals surface area contributed by atoms with Crippen molar-refractivity contribution in [2.24, 2.45) is 0 Å². The molecular formula is C13H2Cl3F5O2. The van der Waals surface area contributed by atoms with Crippen LogP contribution in [0.5, 0.6) is 5.75 Å². The Bertz CT molecular complexity index is 774. The normalized spacial score (nSPS) is 10.8. The number of hydrogen-bond acceptors (Lipinski definition) is 2. The van der Waals surface area contributed by atoms with Gasteiger partial charge in [-0.3, -0.25) is 0 Å². The largest absolute Gasteiger partial charge is 0.420 e. The van der Waals surface area contributed by atoms with E-state index in [4.69, 9.17) is 34.8 Å². The monoisotopic (exact) mass is 390 g/mol. The van der Waals surface area contributed by atoms with Crippen molar-refractivity contribution in [1.29, 1.82) is 0 Å². The number of carbonyl (C=O) groups excluding carboxylic acids is 1. The van der Waals surface area contributed by atoms with Crippen LogP contribution in [0.1, 0.15) is 10.4 Å². The average molecular weight is 392 g/mol. The van der Waals surface area contributed by atoms with E-state index in [0.717, 1.165) is 12.1 Å². The average Bonchev–Trinajstić information content (AvgIpc) is 2.47. The van der Waals surface area contributed by atoms with E-state index >= 15 is 0 Å². The van der Waals surface area contributed by atoms with E-state index in [1.54, 1.807) is 0 Å². The first-order valence-corrected chi connectivity index (χ1v) is 6.66. The summed E-state index contributed by atoms with van der Waals surface area (Å²) in [5, 5.41) is -0.546. The van der Waals surface area contributed by atoms with E-state index in [-0.39, 0.29) is 15.1 Å². The number of ether oxygens (including phenoxy) is 1. The SMILES string of the molecule is O=C(Oc1c(Cl)cc(Cl)cc1Cl)c1c(F)c(F)c(F)c(F)c1F. The predicted molar refractivity (Wildman–Crippen MR) is 72.7 cm³/mol. The standard InChI is InChI=1S/C13H2Cl3F5O2/c14-3-1-4(15)12(5(16)2-3)23-13(22)6-7(17)9(19)11(21)10(20)8(6)18/h1-2H. The van der Waals surface area contributed by atoms with E-state index in [0.29, 0.717) is 0 Å². The molecule has 23 heavy (non-hydrogen) atoms. The molecule has 2 aromatic rings. The summed E-state index contributed by atoms with van der Waals surface area (Å²) in [7, 11) is 0. The molecule has 122 valence electrons. The Labute approximate surface area is 140 Å². The molecule has 10 heteroatoms. The van der Waals surface area contributed by atoms with Gasteiger partial charge in [0, 0.05) is 5.02 Å². The number of carbonyl (C=O) groups is 1. The molecule has 0 spiro atoms. The lowest BCUT2D eigenvalue weighted by Gasteiger charge is -2.10. The van der Waals surface area contributed by atoms with Crippen LogP contribution in [-0.4, -0.2) is 5.97 Å². The molecule has 0 fully saturated rings. The molecule has 0 amide bonds. The smallest absolute Gasteiger partial charge is 0.349 e. The van der Waals surface area contributed by atoms with E-state index in [2.05, 4.69) is 4.74 Å². The third kappa shape index (κ3) is 3.22. The second-order valence-electron chi connectivity index (χ2n) is 4.03. The summed E-state index contributed by atoms with van der Waals surface area (Å²) in [6.07, 6.45) is 0. The molecule has 0 unspecified atom stereocenters. The minimum atomic E-state index is -2.40. The Kier molecular flexibility index (Phi) is 5.03. The summed E-state index contributed by atoms with van der Waals surface area (Å²) < 4.78 is 70.6. The van der Waals surface area contributed by atoms with Crippen molar-refractivity contribution in [3.8, 4) is 5.75 Å². The van der Waals surface area contributed by atoms with Crippen molar-refractivity contribution in [2.45, 2.75) is 0 Å². The minimum absolute atomic E-state index is 0.0658. The summed E-state index contributed by atoms with van der Waals surface area (Å²) in [6, 6.07) is 2.19. The van der Waals surface area contributed by atoms with Crippen LogP contribution in [0.25, 0.3) is 0 Å². The van der Waals surface area contributed by atoms with Gasteiger partial charge in [-0.15, -0.1) is 0 Å². The van der Waals surface area contributed by atoms with Crippen LogP contribution in [0.2, 0.25) is 15.1 Å². The van der Waals surface area contributed by atoms with Gasteiger partial charge in [-0.05, 0) is 12.1 Å². The first kappa shape index (κ1) is 17.8. The summed E-state index contributed by atoms with van der Waals surface area (Å²) >= 11 is 17.0. The Hall–Kier alpha value is -1.57. The first-order valence-electron chi connectivity index (χ1n) is 5.53. The van der Waals surface area contributed by atoms with Crippen molar-refractivity contribution in [3.63, 3.8) is 0 Å². The van der Waals surface area contributed by atoms with Crippen molar-refractivity contribution in [2.75, 3.05) is 0 Å². The highest BCUT2D eigenvalue weighted by atomic mass is 35.5. The molecule has 0 aromatic heterocycles. The van der Waals surface area contributed by atoms with E-state index < -0.39 is 46.4 Å². The van der Waals surface area contributed by atoms with Gasteiger partial charge >= 0.3 is 5.97 Å². The zero-order chi connectivity index (χ0) is 17.5. The van der Waals surface area contributed by atoms with E-state index in [1.165, 1.54) is 0 Å². The van der Waals surface area contributed by atoms with E-state index in [1.807, 2.05) is 0 Å². The highest BCUT2D eigenvalue weighted by molar-refractivity contribution is 6.40. The fourth-order valence-electron chi connectivity index (χ4n) is 1.55. The topological polar surface area (TPSA) is 26.3 Å². The van der Waals surface area contributed by atoms with Crippen LogP contribution in [0.15, 0.2) is 12.1 Å². The molecule has 0 saturated carbocycles. The zero-order valence-corrected chi connectivity index (χ0v) is 12.8. The molecule has 0 aliphatic heterocycles. The summed E-state index contributed by atoms with van der Waals surface area (Å²) in [4.78, 5) is 11.8. The van der Waals surface area contributed by atoms with Gasteiger partial charge < -0.3 is 4.74 Å². The van der Waals surface area contributed by atoms with Crippen molar-refractivity contribution in [1.82, 2.24) is 0 Å². The minimum Gasteiger partial charge on any atom is -0.420 e. The molecule has 0 bridgehead atoms. The Morgan fingerprint density at radius 1 is 0.783 bits per heavy atom. The van der Waals surface area contributed by atoms with Crippen molar-refractivity contribution < 1.29 is 31.5 Å². The lowest BCUT2D eigenvalue weighted by atomic mass is 10.1. The highest BCUT2D eigenvalue weighted by Gasteiger charge is 2.31. The maximum absolute atomic E-state index is 13.5. The van der Waals surface area contributed by atoms with Crippen LogP contribution < -0.4 is 4.74 Å². The van der Waals surface area contributed by atoms with Gasteiger partial charge in [-0.1, -0.05) is 34.8 Å². The molecule has 0 heterocycles. The Morgan fingerprint density at radius 2 is 1.17 bits per heavy atom. The fraction of sp³-hybridized carbons (Fsp3) is 0. The quantitative estimate of drug-likeness (QED) is 0.220. The van der Waals surface area contributed by atoms with E-state index in [9.17, 15) is 26.7 Å². The number of hydrogen-bond donors (Lipinski definition) is 0. The number of esters is 1. The number of rotatable bonds is 2. The molecular weight excluding hydrogens is 389 g/mol. The third-order valence-electron chi connectivity index (χ3n) is 2.57. The molecule has 0 radical (unpaired) electrons. The number of benzene rings is 2. The van der Waals surface area contributed by atoms with Crippen LogP contribution >= 0.6 is 34.8 Å². The highest BCUT2D eigenvalue weighted by Crippen LogP contribution is 2.36. The van der Waals surface area contributed by atoms with Crippen LogP contribution in [-0.2, 0) is 0 Å². The van der Waals surface area contributed by atoms with Crippen LogP contribution in [0, 0.1) is 29.1 Å². The lowest BCUT2D eigenvalue weighted by molar-refractivity contribution is 0.0721. The Balaban J connectivity index is 2.52. The first-order chi connectivity index (χ1) is 10.6. The van der Waals surface area contributed by atoms with Gasteiger partial charge in [0.1, 0.15) is 5.56 Å². The van der Waals surface area contributed by atoms with Crippen LogP contribution in [0.4, 0.5) is 22.0 Å². The fourth-order valence-corrected chi connectivity index (χ4v) is 2.45. The third-order valence-corrected chi connectivity index (χ3v) is 3.35. The molecule has 0 aliphatic carbocycles. The second kappa shape index (κ2) is 6.51. The second-order valence-corrected chi connectivity index (χ2v) is 5.28. The summed E-state index contributed by atoms with van der Waals surface area (Å²) in [5.74, 6) is -14.1. The maximum atomic E-state index is 13.5. The van der Waals surface area contributed by atoms with Crippen molar-refractivity contribution >= 4 is 40.8 Å². The van der Waals surface area contributed by atoms with Crippen LogP contribution in [0.3, 0.4) is 0 Å². The molecule has 0 saturated heterocycles. The molecule has 0 N–H and O–H groups in total. The zero-order valence-electron chi connectivity index (χ0n) is 10.5. The summed E-state index contributed by atoms with van der Waals surface area (Å²) in [6.45, 7) is 0. The van der Waals surface area contributed by atoms with Gasteiger partial charge in [0.05, 0.1) is 10.0 Å². The molecule has 2 aromatic carbocycles. The van der Waals surface area contributed by atoms with Gasteiger partial charge in [0.15, 0.2) is 29.0 Å². The molecule has 0 atom stereocenters. The van der Waals surface area contributed by atoms with Gasteiger partial charge in [0.25, 0.3) is 0 Å². The molecule has 0 aliphatic rings. The van der Waals surface area contributed by atoms with Gasteiger partial charge in [0.2, 0.25) is 5.82 Å². The van der Waals surface area contributed by atoms with Gasteiger partial charge in [-0.2, -0.15) is 0 Å². The summed E-state index contributed by atoms with van der Waals surface area (Å²) in [5.41, 5.74) is -1.77. The predicted octanol–water partition coefficient (Wildman–Crippen LogP) is 5.56. The molecule has 2 rings (SSSR count). The van der Waals surface area contributed by atoms with Crippen molar-refractivity contribution in [3.05, 3.63) is 61.9 Å². The Morgan fingerprint density at radius 3 is 1.61 bits per heavy atom. The lowest BCUT2D eigenvalue weighted by Crippen LogP contribution is -2.17. The molecule has 2 nitrogen and oxygen atoms in total. The maximum Gasteiger partial charge on any atom is 0.349 e.